The Hall–Kier alpha value is -3.18. The van der Waals surface area contributed by atoms with Gasteiger partial charge in [-0.3, -0.25) is 14.4 Å². The molecule has 37 heavy (non-hydrogen) atoms. The third kappa shape index (κ3) is 9.32. The minimum Gasteiger partial charge on any atom is -0.508 e. The van der Waals surface area contributed by atoms with Crippen LogP contribution < -0.4 is 22.1 Å². The molecular weight excluding hydrogens is 478 g/mol. The molecule has 4 atom stereocenters. The molecule has 8 N–H and O–H groups in total. The molecular formula is C26H41N5O6. The topological polar surface area (TPSA) is 188 Å². The Morgan fingerprint density at radius 1 is 1.05 bits per heavy atom. The SMILES string of the molecule is CC(C)CC(NC(=O)C(N)Cc1ccc(O)cc1)C(=O)NC(CCCCN)C(=O)N1CCCC1C(=O)O. The molecule has 1 fully saturated rings. The maximum absolute atomic E-state index is 13.3. The van der Waals surface area contributed by atoms with Gasteiger partial charge in [0.05, 0.1) is 6.04 Å². The van der Waals surface area contributed by atoms with Crippen molar-refractivity contribution in [1.82, 2.24) is 15.5 Å². The first kappa shape index (κ1) is 30.0. The molecule has 1 aliphatic rings. The number of likely N-dealkylation sites (tertiary alicyclic amines) is 1. The lowest BCUT2D eigenvalue weighted by atomic mass is 10.00. The van der Waals surface area contributed by atoms with Crippen molar-refractivity contribution in [2.75, 3.05) is 13.1 Å². The number of nitrogens with zero attached hydrogens (tertiary/aromatic N) is 1. The Kier molecular flexibility index (Phi) is 11.8. The number of carbonyl (C=O) groups excluding carboxylic acids is 3. The van der Waals surface area contributed by atoms with Crippen LogP contribution in [0.2, 0.25) is 0 Å². The number of unbranched alkanes of at least 4 members (excludes halogenated alkanes) is 1. The highest BCUT2D eigenvalue weighted by Crippen LogP contribution is 2.20. The van der Waals surface area contributed by atoms with Gasteiger partial charge in [0.1, 0.15) is 23.9 Å². The summed E-state index contributed by atoms with van der Waals surface area (Å²) in [6, 6.07) is 2.67. The van der Waals surface area contributed by atoms with Crippen LogP contribution in [-0.4, -0.2) is 76.1 Å². The fourth-order valence-electron chi connectivity index (χ4n) is 4.47. The van der Waals surface area contributed by atoms with E-state index in [-0.39, 0.29) is 18.1 Å². The molecule has 0 aliphatic carbocycles. The first-order valence-corrected chi connectivity index (χ1v) is 12.9. The zero-order valence-corrected chi connectivity index (χ0v) is 21.7. The Bertz CT molecular complexity index is 923. The molecule has 0 aromatic heterocycles. The second-order valence-corrected chi connectivity index (χ2v) is 10.0. The molecule has 0 spiro atoms. The van der Waals surface area contributed by atoms with E-state index in [1.165, 1.54) is 17.0 Å². The van der Waals surface area contributed by atoms with Crippen LogP contribution in [0.4, 0.5) is 0 Å². The maximum Gasteiger partial charge on any atom is 0.326 e. The third-order valence-electron chi connectivity index (χ3n) is 6.45. The fourth-order valence-corrected chi connectivity index (χ4v) is 4.47. The molecule has 4 unspecified atom stereocenters. The first-order valence-electron chi connectivity index (χ1n) is 12.9. The Morgan fingerprint density at radius 2 is 1.70 bits per heavy atom. The van der Waals surface area contributed by atoms with Crippen molar-refractivity contribution >= 4 is 23.7 Å². The molecule has 11 heteroatoms. The van der Waals surface area contributed by atoms with Crippen molar-refractivity contribution in [1.29, 1.82) is 0 Å². The molecule has 1 aliphatic heterocycles. The molecule has 1 saturated heterocycles. The van der Waals surface area contributed by atoms with E-state index in [9.17, 15) is 29.4 Å². The number of rotatable bonds is 14. The largest absolute Gasteiger partial charge is 0.508 e. The highest BCUT2D eigenvalue weighted by molar-refractivity contribution is 5.94. The van der Waals surface area contributed by atoms with Crippen molar-refractivity contribution in [2.24, 2.45) is 17.4 Å². The molecule has 2 rings (SSSR count). The van der Waals surface area contributed by atoms with E-state index in [4.69, 9.17) is 11.5 Å². The van der Waals surface area contributed by atoms with Crippen molar-refractivity contribution in [2.45, 2.75) is 83.0 Å². The predicted octanol–water partition coefficient (Wildman–Crippen LogP) is 0.482. The number of carboxylic acids is 1. The number of carboxylic acid groups (broad SMARTS) is 1. The minimum absolute atomic E-state index is 0.0609. The van der Waals surface area contributed by atoms with Crippen molar-refractivity contribution in [3.05, 3.63) is 29.8 Å². The van der Waals surface area contributed by atoms with Gasteiger partial charge >= 0.3 is 5.97 Å². The summed E-state index contributed by atoms with van der Waals surface area (Å²) < 4.78 is 0. The van der Waals surface area contributed by atoms with Gasteiger partial charge in [0.15, 0.2) is 0 Å². The lowest BCUT2D eigenvalue weighted by Gasteiger charge is -2.29. The zero-order chi connectivity index (χ0) is 27.5. The summed E-state index contributed by atoms with van der Waals surface area (Å²) in [5.41, 5.74) is 12.4. The second-order valence-electron chi connectivity index (χ2n) is 10.0. The van der Waals surface area contributed by atoms with Gasteiger partial charge in [0, 0.05) is 6.54 Å². The number of nitrogens with one attached hydrogen (secondary N) is 2. The molecule has 0 saturated carbocycles. The van der Waals surface area contributed by atoms with Crippen molar-refractivity contribution in [3.63, 3.8) is 0 Å². The van der Waals surface area contributed by atoms with E-state index >= 15 is 0 Å². The minimum atomic E-state index is -1.06. The van der Waals surface area contributed by atoms with Crippen LogP contribution in [0.1, 0.15) is 57.9 Å². The lowest BCUT2D eigenvalue weighted by molar-refractivity contribution is -0.149. The number of aliphatic carboxylic acids is 1. The number of carbonyl (C=O) groups is 4. The quantitative estimate of drug-likeness (QED) is 0.191. The molecule has 1 aromatic carbocycles. The summed E-state index contributed by atoms with van der Waals surface area (Å²) >= 11 is 0. The molecule has 1 heterocycles. The average Bonchev–Trinajstić information content (AvgIpc) is 3.34. The summed E-state index contributed by atoms with van der Waals surface area (Å²) in [5.74, 6) is -2.36. The van der Waals surface area contributed by atoms with Crippen LogP contribution in [0.5, 0.6) is 5.75 Å². The van der Waals surface area contributed by atoms with Gasteiger partial charge in [-0.05, 0) is 75.1 Å². The van der Waals surface area contributed by atoms with E-state index in [0.29, 0.717) is 51.6 Å². The fraction of sp³-hybridized carbons (Fsp3) is 0.615. The van der Waals surface area contributed by atoms with Gasteiger partial charge in [-0.15, -0.1) is 0 Å². The molecule has 1 aromatic rings. The van der Waals surface area contributed by atoms with Crippen LogP contribution in [0, 0.1) is 5.92 Å². The predicted molar refractivity (Wildman–Crippen MR) is 138 cm³/mol. The summed E-state index contributed by atoms with van der Waals surface area (Å²) in [6.07, 6.45) is 3.04. The molecule has 0 bridgehead atoms. The summed E-state index contributed by atoms with van der Waals surface area (Å²) in [5, 5.41) is 24.4. The highest BCUT2D eigenvalue weighted by atomic mass is 16.4. The molecule has 206 valence electrons. The number of benzene rings is 1. The lowest BCUT2D eigenvalue weighted by Crippen LogP contribution is -2.57. The van der Waals surface area contributed by atoms with E-state index in [1.807, 2.05) is 13.8 Å². The highest BCUT2D eigenvalue weighted by Gasteiger charge is 2.38. The number of nitrogens with two attached hydrogens (primary N) is 2. The van der Waals surface area contributed by atoms with Gasteiger partial charge in [-0.1, -0.05) is 26.0 Å². The molecule has 0 radical (unpaired) electrons. The zero-order valence-electron chi connectivity index (χ0n) is 21.7. The number of aromatic hydroxyl groups is 1. The van der Waals surface area contributed by atoms with E-state index in [1.54, 1.807) is 12.1 Å². The van der Waals surface area contributed by atoms with Gasteiger partial charge in [-0.2, -0.15) is 0 Å². The van der Waals surface area contributed by atoms with Gasteiger partial charge < -0.3 is 37.2 Å². The van der Waals surface area contributed by atoms with Crippen LogP contribution in [0.25, 0.3) is 0 Å². The third-order valence-corrected chi connectivity index (χ3v) is 6.45. The van der Waals surface area contributed by atoms with E-state index in [0.717, 1.165) is 5.56 Å². The van der Waals surface area contributed by atoms with Gasteiger partial charge in [0.25, 0.3) is 0 Å². The maximum atomic E-state index is 13.3. The van der Waals surface area contributed by atoms with E-state index in [2.05, 4.69) is 10.6 Å². The van der Waals surface area contributed by atoms with Crippen molar-refractivity contribution < 1.29 is 29.4 Å². The summed E-state index contributed by atoms with van der Waals surface area (Å²) in [7, 11) is 0. The Labute approximate surface area is 217 Å². The van der Waals surface area contributed by atoms with Gasteiger partial charge in [0.2, 0.25) is 17.7 Å². The average molecular weight is 520 g/mol. The molecule has 11 nitrogen and oxygen atoms in total. The monoisotopic (exact) mass is 519 g/mol. The second kappa shape index (κ2) is 14.5. The number of phenols is 1. The van der Waals surface area contributed by atoms with Crippen LogP contribution in [0.3, 0.4) is 0 Å². The Morgan fingerprint density at radius 3 is 2.30 bits per heavy atom. The number of hydrogen-bond acceptors (Lipinski definition) is 7. The normalized spacial score (nSPS) is 17.8. The standard InChI is InChI=1S/C26H41N5O6/c1-16(2)14-21(30-23(33)19(28)15-17-8-10-18(32)11-9-17)24(34)29-20(6-3-4-12-27)25(35)31-13-5-7-22(31)26(36)37/h8-11,16,19-22,32H,3-7,12-15,27-28H2,1-2H3,(H,29,34)(H,30,33)(H,36,37). The number of amides is 3. The Balaban J connectivity index is 2.12. The molecule has 3 amide bonds. The van der Waals surface area contributed by atoms with Crippen molar-refractivity contribution in [3.8, 4) is 5.75 Å². The smallest absolute Gasteiger partial charge is 0.326 e. The van der Waals surface area contributed by atoms with Crippen LogP contribution >= 0.6 is 0 Å². The van der Waals surface area contributed by atoms with Crippen LogP contribution in [-0.2, 0) is 25.6 Å². The number of phenolic OH excluding ortho intramolecular Hbond substituents is 1. The van der Waals surface area contributed by atoms with Crippen LogP contribution in [0.15, 0.2) is 24.3 Å². The summed E-state index contributed by atoms with van der Waals surface area (Å²) in [6.45, 7) is 4.57. The van der Waals surface area contributed by atoms with Gasteiger partial charge in [-0.25, -0.2) is 4.79 Å². The van der Waals surface area contributed by atoms with E-state index < -0.39 is 47.9 Å². The number of hydrogen-bond donors (Lipinski definition) is 6. The summed E-state index contributed by atoms with van der Waals surface area (Å²) in [4.78, 5) is 52.4. The first-order chi connectivity index (χ1) is 17.5.